The van der Waals surface area contributed by atoms with Crippen LogP contribution in [0.3, 0.4) is 0 Å². The molecule has 0 aliphatic carbocycles. The topological polar surface area (TPSA) is 86.8 Å². The van der Waals surface area contributed by atoms with Crippen LogP contribution in [0.2, 0.25) is 5.02 Å². The molecule has 0 spiro atoms. The second-order valence-electron chi connectivity index (χ2n) is 9.53. The first-order valence-electron chi connectivity index (χ1n) is 13.0. The first-order valence-corrected chi connectivity index (χ1v) is 14.9. The first kappa shape index (κ1) is 30.2. The summed E-state index contributed by atoms with van der Waals surface area (Å²) < 4.78 is 28.8. The zero-order valence-electron chi connectivity index (χ0n) is 22.9. The minimum atomic E-state index is -4.12. The SMILES string of the molecule is CCCNC(=O)[C@@H](CC)N(Cc1cccc(C)c1)C(=O)CN(c1ccc(Cl)cc1)S(=O)(=O)c1ccc(C)cc1. The smallest absolute Gasteiger partial charge is 0.264 e. The van der Waals surface area contributed by atoms with E-state index in [4.69, 9.17) is 11.6 Å². The van der Waals surface area contributed by atoms with Crippen molar-refractivity contribution in [3.63, 3.8) is 0 Å². The summed E-state index contributed by atoms with van der Waals surface area (Å²) in [5.41, 5.74) is 3.08. The van der Waals surface area contributed by atoms with Crippen molar-refractivity contribution < 1.29 is 18.0 Å². The Balaban J connectivity index is 2.04. The van der Waals surface area contributed by atoms with Crippen LogP contribution in [0.1, 0.15) is 43.4 Å². The van der Waals surface area contributed by atoms with Crippen molar-refractivity contribution in [3.8, 4) is 0 Å². The number of aryl methyl sites for hydroxylation is 2. The molecular formula is C30H36ClN3O4S. The third-order valence-electron chi connectivity index (χ3n) is 6.37. The maximum atomic E-state index is 14.0. The number of nitrogens with zero attached hydrogens (tertiary/aromatic N) is 2. The quantitative estimate of drug-likeness (QED) is 0.313. The molecule has 0 saturated carbocycles. The van der Waals surface area contributed by atoms with Gasteiger partial charge in [0.05, 0.1) is 10.6 Å². The summed E-state index contributed by atoms with van der Waals surface area (Å²) in [6.07, 6.45) is 1.13. The average Bonchev–Trinajstić information content (AvgIpc) is 2.91. The minimum absolute atomic E-state index is 0.0637. The zero-order chi connectivity index (χ0) is 28.6. The molecule has 0 aromatic heterocycles. The standard InChI is InChI=1S/C30H36ClN3O4S/c1-5-18-32-30(36)28(6-2)33(20-24-9-7-8-23(4)19-24)29(35)21-34(26-14-12-25(31)13-15-26)39(37,38)27-16-10-22(3)11-17-27/h7-17,19,28H,5-6,18,20-21H2,1-4H3,(H,32,36)/t28-/m1/s1. The first-order chi connectivity index (χ1) is 18.6. The Morgan fingerprint density at radius 3 is 2.18 bits per heavy atom. The predicted octanol–water partition coefficient (Wildman–Crippen LogP) is 5.49. The molecule has 0 bridgehead atoms. The van der Waals surface area contributed by atoms with Crippen molar-refractivity contribution in [2.24, 2.45) is 0 Å². The van der Waals surface area contributed by atoms with Gasteiger partial charge in [0.25, 0.3) is 10.0 Å². The summed E-state index contributed by atoms with van der Waals surface area (Å²) in [6.45, 7) is 7.79. The van der Waals surface area contributed by atoms with Crippen LogP contribution in [-0.2, 0) is 26.2 Å². The van der Waals surface area contributed by atoms with Crippen molar-refractivity contribution in [2.75, 3.05) is 17.4 Å². The number of hydrogen-bond donors (Lipinski definition) is 1. The minimum Gasteiger partial charge on any atom is -0.354 e. The maximum Gasteiger partial charge on any atom is 0.264 e. The molecule has 0 saturated heterocycles. The van der Waals surface area contributed by atoms with E-state index < -0.39 is 28.5 Å². The normalized spacial score (nSPS) is 12.0. The Morgan fingerprint density at radius 2 is 1.59 bits per heavy atom. The molecule has 3 aromatic carbocycles. The summed E-state index contributed by atoms with van der Waals surface area (Å²) in [7, 11) is -4.12. The largest absolute Gasteiger partial charge is 0.354 e. The van der Waals surface area contributed by atoms with E-state index in [-0.39, 0.29) is 17.3 Å². The molecule has 1 N–H and O–H groups in total. The van der Waals surface area contributed by atoms with Crippen LogP contribution in [0.15, 0.2) is 77.7 Å². The number of sulfonamides is 1. The van der Waals surface area contributed by atoms with Crippen LogP contribution in [0, 0.1) is 13.8 Å². The average molecular weight is 570 g/mol. The van der Waals surface area contributed by atoms with Gasteiger partial charge < -0.3 is 10.2 Å². The molecule has 7 nitrogen and oxygen atoms in total. The van der Waals surface area contributed by atoms with Gasteiger partial charge in [0, 0.05) is 18.1 Å². The lowest BCUT2D eigenvalue weighted by atomic mass is 10.1. The van der Waals surface area contributed by atoms with Gasteiger partial charge in [-0.05, 0) is 68.7 Å². The van der Waals surface area contributed by atoms with E-state index in [9.17, 15) is 18.0 Å². The highest BCUT2D eigenvalue weighted by Gasteiger charge is 2.33. The van der Waals surface area contributed by atoms with E-state index in [0.717, 1.165) is 27.4 Å². The number of amides is 2. The number of anilines is 1. The predicted molar refractivity (Wildman–Crippen MR) is 156 cm³/mol. The number of carbonyl (C=O) groups excluding carboxylic acids is 2. The van der Waals surface area contributed by atoms with Gasteiger partial charge in [-0.25, -0.2) is 8.42 Å². The summed E-state index contributed by atoms with van der Waals surface area (Å²) in [5, 5.41) is 3.33. The molecule has 0 heterocycles. The van der Waals surface area contributed by atoms with Gasteiger partial charge in [-0.15, -0.1) is 0 Å². The van der Waals surface area contributed by atoms with Crippen LogP contribution >= 0.6 is 11.6 Å². The van der Waals surface area contributed by atoms with Crippen LogP contribution in [0.25, 0.3) is 0 Å². The third kappa shape index (κ3) is 7.83. The number of hydrogen-bond acceptors (Lipinski definition) is 4. The van der Waals surface area contributed by atoms with Gasteiger partial charge in [0.15, 0.2) is 0 Å². The molecule has 0 aliphatic heterocycles. The van der Waals surface area contributed by atoms with Crippen molar-refractivity contribution >= 4 is 39.1 Å². The Hall–Kier alpha value is -3.36. The Morgan fingerprint density at radius 1 is 0.923 bits per heavy atom. The van der Waals surface area contributed by atoms with Gasteiger partial charge in [-0.3, -0.25) is 13.9 Å². The van der Waals surface area contributed by atoms with Crippen molar-refractivity contribution in [1.29, 1.82) is 0 Å². The zero-order valence-corrected chi connectivity index (χ0v) is 24.4. The van der Waals surface area contributed by atoms with Crippen LogP contribution in [0.5, 0.6) is 0 Å². The lowest BCUT2D eigenvalue weighted by Crippen LogP contribution is -2.52. The van der Waals surface area contributed by atoms with Crippen LogP contribution < -0.4 is 9.62 Å². The third-order valence-corrected chi connectivity index (χ3v) is 8.41. The van der Waals surface area contributed by atoms with E-state index in [1.54, 1.807) is 36.4 Å². The van der Waals surface area contributed by atoms with Crippen LogP contribution in [0.4, 0.5) is 5.69 Å². The van der Waals surface area contributed by atoms with Crippen molar-refractivity contribution in [1.82, 2.24) is 10.2 Å². The fraction of sp³-hybridized carbons (Fsp3) is 0.333. The van der Waals surface area contributed by atoms with Gasteiger partial charge in [-0.1, -0.05) is 73.0 Å². The molecule has 3 rings (SSSR count). The lowest BCUT2D eigenvalue weighted by molar-refractivity contribution is -0.140. The highest BCUT2D eigenvalue weighted by molar-refractivity contribution is 7.92. The molecule has 39 heavy (non-hydrogen) atoms. The monoisotopic (exact) mass is 569 g/mol. The molecule has 9 heteroatoms. The number of halogens is 1. The maximum absolute atomic E-state index is 14.0. The molecular weight excluding hydrogens is 534 g/mol. The molecule has 0 unspecified atom stereocenters. The van der Waals surface area contributed by atoms with Crippen molar-refractivity contribution in [2.45, 2.75) is 58.0 Å². The molecule has 2 amide bonds. The van der Waals surface area contributed by atoms with Gasteiger partial charge in [-0.2, -0.15) is 0 Å². The van der Waals surface area contributed by atoms with Gasteiger partial charge in [0.2, 0.25) is 11.8 Å². The second kappa shape index (κ2) is 13.6. The lowest BCUT2D eigenvalue weighted by Gasteiger charge is -2.33. The van der Waals surface area contributed by atoms with E-state index in [2.05, 4.69) is 5.32 Å². The number of carbonyl (C=O) groups is 2. The molecule has 1 atom stereocenters. The fourth-order valence-electron chi connectivity index (χ4n) is 4.27. The summed E-state index contributed by atoms with van der Waals surface area (Å²) in [6, 6.07) is 19.7. The number of rotatable bonds is 12. The Labute approximate surface area is 236 Å². The number of benzene rings is 3. The van der Waals surface area contributed by atoms with E-state index in [0.29, 0.717) is 23.7 Å². The summed E-state index contributed by atoms with van der Waals surface area (Å²) >= 11 is 6.07. The Bertz CT molecular complexity index is 1380. The van der Waals surface area contributed by atoms with Crippen LogP contribution in [-0.4, -0.2) is 44.3 Å². The van der Waals surface area contributed by atoms with Gasteiger partial charge >= 0.3 is 0 Å². The van der Waals surface area contributed by atoms with E-state index in [1.807, 2.05) is 52.0 Å². The summed E-state index contributed by atoms with van der Waals surface area (Å²) in [4.78, 5) is 28.7. The van der Waals surface area contributed by atoms with E-state index >= 15 is 0 Å². The molecule has 208 valence electrons. The molecule has 0 radical (unpaired) electrons. The van der Waals surface area contributed by atoms with E-state index in [1.165, 1.54) is 17.0 Å². The van der Waals surface area contributed by atoms with Gasteiger partial charge in [0.1, 0.15) is 12.6 Å². The molecule has 0 fully saturated rings. The van der Waals surface area contributed by atoms with Crippen molar-refractivity contribution in [3.05, 3.63) is 94.5 Å². The summed E-state index contributed by atoms with van der Waals surface area (Å²) in [5.74, 6) is -0.750. The molecule has 3 aromatic rings. The number of nitrogens with one attached hydrogen (secondary N) is 1. The Kier molecular flexibility index (Phi) is 10.5. The highest BCUT2D eigenvalue weighted by atomic mass is 35.5. The molecule has 0 aliphatic rings. The highest BCUT2D eigenvalue weighted by Crippen LogP contribution is 2.26. The fourth-order valence-corrected chi connectivity index (χ4v) is 5.81. The second-order valence-corrected chi connectivity index (χ2v) is 11.8.